The van der Waals surface area contributed by atoms with Gasteiger partial charge in [-0.3, -0.25) is 4.90 Å². The number of aryl methyl sites for hydroxylation is 1. The van der Waals surface area contributed by atoms with Gasteiger partial charge in [-0.25, -0.2) is 0 Å². The molecule has 1 heterocycles. The predicted octanol–water partition coefficient (Wildman–Crippen LogP) is 2.06. The number of hydrogen-bond acceptors (Lipinski definition) is 3. The van der Waals surface area contributed by atoms with Gasteiger partial charge >= 0.3 is 0 Å². The molecule has 0 spiro atoms. The lowest BCUT2D eigenvalue weighted by atomic mass is 10.1. The van der Waals surface area contributed by atoms with E-state index in [1.54, 1.807) is 0 Å². The largest absolute Gasteiger partial charge is 0.374 e. The fourth-order valence-electron chi connectivity index (χ4n) is 2.56. The Morgan fingerprint density at radius 1 is 1.26 bits per heavy atom. The molecule has 106 valence electrons. The lowest BCUT2D eigenvalue weighted by molar-refractivity contribution is 0.00885. The summed E-state index contributed by atoms with van der Waals surface area (Å²) < 4.78 is 5.73. The molecule has 0 bridgehead atoms. The predicted molar refractivity (Wildman–Crippen MR) is 79.4 cm³/mol. The van der Waals surface area contributed by atoms with Crippen molar-refractivity contribution in [2.45, 2.75) is 32.4 Å². The lowest BCUT2D eigenvalue weighted by Crippen LogP contribution is -2.44. The fraction of sp³-hybridized carbons (Fsp3) is 0.625. The minimum atomic E-state index is 0.332. The first-order valence-electron chi connectivity index (χ1n) is 7.36. The molecule has 1 aromatic carbocycles. The molecule has 1 unspecified atom stereocenters. The van der Waals surface area contributed by atoms with Crippen LogP contribution in [0.5, 0.6) is 0 Å². The van der Waals surface area contributed by atoms with Crippen LogP contribution in [0, 0.1) is 0 Å². The molecule has 0 saturated carbocycles. The van der Waals surface area contributed by atoms with E-state index in [0.29, 0.717) is 6.10 Å². The van der Waals surface area contributed by atoms with E-state index in [9.17, 15) is 0 Å². The summed E-state index contributed by atoms with van der Waals surface area (Å²) in [4.78, 5) is 2.34. The van der Waals surface area contributed by atoms with Gasteiger partial charge in [-0.05, 0) is 24.6 Å². The van der Waals surface area contributed by atoms with Crippen LogP contribution in [0.3, 0.4) is 0 Å². The van der Waals surface area contributed by atoms with Crippen LogP contribution in [0.15, 0.2) is 24.3 Å². The van der Waals surface area contributed by atoms with Crippen LogP contribution in [0.1, 0.15) is 24.5 Å². The average Bonchev–Trinajstić information content (AvgIpc) is 2.42. The summed E-state index contributed by atoms with van der Waals surface area (Å²) in [6, 6.07) is 9.01. The molecule has 2 rings (SSSR count). The normalized spacial score (nSPS) is 19.8. The molecule has 19 heavy (non-hydrogen) atoms. The lowest BCUT2D eigenvalue weighted by Gasteiger charge is -2.28. The van der Waals surface area contributed by atoms with Crippen molar-refractivity contribution in [3.8, 4) is 0 Å². The Kier molecular flexibility index (Phi) is 5.83. The first-order chi connectivity index (χ1) is 9.28. The van der Waals surface area contributed by atoms with Gasteiger partial charge < -0.3 is 10.1 Å². The van der Waals surface area contributed by atoms with Crippen LogP contribution >= 0.6 is 0 Å². The number of likely N-dealkylation sites (N-methyl/N-ethyl adjacent to an activating group) is 1. The van der Waals surface area contributed by atoms with Crippen LogP contribution in [0.25, 0.3) is 0 Å². The van der Waals surface area contributed by atoms with Crippen LogP contribution in [-0.4, -0.2) is 44.3 Å². The number of nitrogens with one attached hydrogen (secondary N) is 1. The number of rotatable bonds is 6. The topological polar surface area (TPSA) is 24.5 Å². The summed E-state index contributed by atoms with van der Waals surface area (Å²) >= 11 is 0. The number of hydrogen-bond donors (Lipinski definition) is 1. The van der Waals surface area contributed by atoms with Gasteiger partial charge in [0.1, 0.15) is 0 Å². The third kappa shape index (κ3) is 4.94. The van der Waals surface area contributed by atoms with E-state index >= 15 is 0 Å². The summed E-state index contributed by atoms with van der Waals surface area (Å²) in [6.07, 6.45) is 2.72. The maximum Gasteiger partial charge on any atom is 0.0826 e. The van der Waals surface area contributed by atoms with E-state index in [0.717, 1.165) is 32.8 Å². The van der Waals surface area contributed by atoms with Crippen LogP contribution in [-0.2, 0) is 17.7 Å². The second-order valence-corrected chi connectivity index (χ2v) is 5.46. The highest BCUT2D eigenvalue weighted by Gasteiger charge is 2.15. The molecule has 3 nitrogen and oxygen atoms in total. The average molecular weight is 262 g/mol. The van der Waals surface area contributed by atoms with Crippen molar-refractivity contribution in [3.63, 3.8) is 0 Å². The van der Waals surface area contributed by atoms with Gasteiger partial charge in [-0.1, -0.05) is 37.6 Å². The summed E-state index contributed by atoms with van der Waals surface area (Å²) in [5, 5.41) is 3.37. The van der Waals surface area contributed by atoms with Gasteiger partial charge in [0.05, 0.1) is 12.7 Å². The summed E-state index contributed by atoms with van der Waals surface area (Å²) in [6.45, 7) is 7.00. The smallest absolute Gasteiger partial charge is 0.0826 e. The zero-order valence-corrected chi connectivity index (χ0v) is 12.2. The van der Waals surface area contributed by atoms with Crippen LogP contribution in [0.4, 0.5) is 0 Å². The minimum Gasteiger partial charge on any atom is -0.374 e. The number of ether oxygens (including phenoxy) is 1. The van der Waals surface area contributed by atoms with Gasteiger partial charge in [0.15, 0.2) is 0 Å². The molecule has 3 heteroatoms. The van der Waals surface area contributed by atoms with E-state index in [4.69, 9.17) is 4.74 Å². The number of morpholine rings is 1. The van der Waals surface area contributed by atoms with Crippen molar-refractivity contribution in [1.29, 1.82) is 0 Å². The Morgan fingerprint density at radius 2 is 2.00 bits per heavy atom. The van der Waals surface area contributed by atoms with Gasteiger partial charge in [-0.2, -0.15) is 0 Å². The number of benzene rings is 1. The number of nitrogens with zero attached hydrogens (tertiary/aromatic N) is 1. The summed E-state index contributed by atoms with van der Waals surface area (Å²) in [5.74, 6) is 0. The second kappa shape index (κ2) is 7.63. The second-order valence-electron chi connectivity index (χ2n) is 5.46. The zero-order valence-electron chi connectivity index (χ0n) is 12.2. The van der Waals surface area contributed by atoms with Crippen LogP contribution in [0.2, 0.25) is 0 Å². The van der Waals surface area contributed by atoms with Crippen molar-refractivity contribution >= 4 is 0 Å². The molecule has 1 aliphatic heterocycles. The molecule has 1 aliphatic rings. The van der Waals surface area contributed by atoms with Crippen molar-refractivity contribution in [3.05, 3.63) is 35.4 Å². The van der Waals surface area contributed by atoms with E-state index in [2.05, 4.69) is 48.5 Å². The maximum absolute atomic E-state index is 5.73. The van der Waals surface area contributed by atoms with Crippen molar-refractivity contribution in [1.82, 2.24) is 10.2 Å². The van der Waals surface area contributed by atoms with Gasteiger partial charge in [0.25, 0.3) is 0 Å². The molecular formula is C16H26N2O. The van der Waals surface area contributed by atoms with E-state index in [-0.39, 0.29) is 0 Å². The molecule has 1 fully saturated rings. The van der Waals surface area contributed by atoms with Gasteiger partial charge in [0.2, 0.25) is 0 Å². The van der Waals surface area contributed by atoms with E-state index < -0.39 is 0 Å². The van der Waals surface area contributed by atoms with E-state index in [1.165, 1.54) is 24.0 Å². The zero-order chi connectivity index (χ0) is 13.5. The fourth-order valence-corrected chi connectivity index (χ4v) is 2.56. The first-order valence-corrected chi connectivity index (χ1v) is 7.36. The molecule has 1 atom stereocenters. The monoisotopic (exact) mass is 262 g/mol. The Bertz CT molecular complexity index is 358. The molecule has 1 saturated heterocycles. The minimum absolute atomic E-state index is 0.332. The third-order valence-electron chi connectivity index (χ3n) is 3.53. The van der Waals surface area contributed by atoms with Crippen molar-refractivity contribution < 1.29 is 4.74 Å². The summed E-state index contributed by atoms with van der Waals surface area (Å²) in [5.41, 5.74) is 2.82. The Labute approximate surface area is 116 Å². The maximum atomic E-state index is 5.73. The van der Waals surface area contributed by atoms with E-state index in [1.807, 2.05) is 0 Å². The highest BCUT2D eigenvalue weighted by Crippen LogP contribution is 2.09. The van der Waals surface area contributed by atoms with Crippen molar-refractivity contribution in [2.24, 2.45) is 0 Å². The molecule has 0 aromatic heterocycles. The Morgan fingerprint density at radius 3 is 2.63 bits per heavy atom. The molecule has 1 N–H and O–H groups in total. The van der Waals surface area contributed by atoms with Crippen molar-refractivity contribution in [2.75, 3.05) is 33.3 Å². The summed E-state index contributed by atoms with van der Waals surface area (Å²) in [7, 11) is 2.16. The third-order valence-corrected chi connectivity index (χ3v) is 3.53. The molecular weight excluding hydrogens is 236 g/mol. The SMILES string of the molecule is CCCc1ccc(CN(C)CC2CNCCO2)cc1. The van der Waals surface area contributed by atoms with Gasteiger partial charge in [-0.15, -0.1) is 0 Å². The van der Waals surface area contributed by atoms with Crippen LogP contribution < -0.4 is 5.32 Å². The molecule has 1 aromatic rings. The van der Waals surface area contributed by atoms with Gasteiger partial charge in [0, 0.05) is 26.2 Å². The first kappa shape index (κ1) is 14.5. The Balaban J connectivity index is 1.78. The highest BCUT2D eigenvalue weighted by atomic mass is 16.5. The molecule has 0 radical (unpaired) electrons. The highest BCUT2D eigenvalue weighted by molar-refractivity contribution is 5.22. The quantitative estimate of drug-likeness (QED) is 0.849. The molecule has 0 amide bonds. The standard InChI is InChI=1S/C16H26N2O/c1-3-4-14-5-7-15(8-6-14)12-18(2)13-16-11-17-9-10-19-16/h5-8,16-17H,3-4,9-13H2,1-2H3. The Hall–Kier alpha value is -0.900. The molecule has 0 aliphatic carbocycles.